The van der Waals surface area contributed by atoms with Gasteiger partial charge in [0, 0.05) is 19.2 Å². The zero-order valence-corrected chi connectivity index (χ0v) is 15.0. The summed E-state index contributed by atoms with van der Waals surface area (Å²) in [5.41, 5.74) is 7.18. The van der Waals surface area contributed by atoms with Crippen LogP contribution < -0.4 is 5.73 Å². The highest BCUT2D eigenvalue weighted by atomic mass is 16.1. The normalized spacial score (nSPS) is 14.1. The van der Waals surface area contributed by atoms with E-state index < -0.39 is 6.04 Å². The molecule has 0 radical (unpaired) electrons. The van der Waals surface area contributed by atoms with E-state index in [9.17, 15) is 4.79 Å². The van der Waals surface area contributed by atoms with Gasteiger partial charge in [0.05, 0.1) is 11.7 Å². The second-order valence-corrected chi connectivity index (χ2v) is 8.00. The van der Waals surface area contributed by atoms with Gasteiger partial charge in [0.25, 0.3) is 0 Å². The molecule has 0 fully saturated rings. The minimum absolute atomic E-state index is 0.0162. The molecule has 0 saturated heterocycles. The number of hydrogen-bond donors (Lipinski definition) is 1. The quantitative estimate of drug-likeness (QED) is 0.761. The lowest BCUT2D eigenvalue weighted by molar-refractivity contribution is -0.118. The maximum absolute atomic E-state index is 11.2. The largest absolute Gasteiger partial charge is 0.321 e. The summed E-state index contributed by atoms with van der Waals surface area (Å²) in [5, 5.41) is 8.26. The van der Waals surface area contributed by atoms with Gasteiger partial charge in [-0.25, -0.2) is 0 Å². The van der Waals surface area contributed by atoms with E-state index in [0.29, 0.717) is 11.8 Å². The lowest BCUT2D eigenvalue weighted by Gasteiger charge is -2.34. The Balaban J connectivity index is 2.54. The molecule has 126 valence electrons. The molecule has 0 aliphatic rings. The minimum atomic E-state index is -0.480. The fourth-order valence-corrected chi connectivity index (χ4v) is 2.84. The summed E-state index contributed by atoms with van der Waals surface area (Å²) < 4.78 is 1.86. The fraction of sp³-hybridized carbons (Fsp3) is 0.824. The average molecular weight is 308 g/mol. The van der Waals surface area contributed by atoms with E-state index >= 15 is 0 Å². The highest BCUT2D eigenvalue weighted by Gasteiger charge is 2.27. The third kappa shape index (κ3) is 6.26. The molecule has 0 aromatic carbocycles. The van der Waals surface area contributed by atoms with Crippen LogP contribution in [0, 0.1) is 10.8 Å². The summed E-state index contributed by atoms with van der Waals surface area (Å²) in [4.78, 5) is 11.2. The summed E-state index contributed by atoms with van der Waals surface area (Å²) in [6.45, 7) is 13.9. The molecule has 0 amide bonds. The molecule has 1 aromatic heterocycles. The molecule has 1 rings (SSSR count). The highest BCUT2D eigenvalue weighted by Crippen LogP contribution is 2.38. The number of rotatable bonds is 9. The van der Waals surface area contributed by atoms with E-state index in [1.165, 1.54) is 19.8 Å². The predicted molar refractivity (Wildman–Crippen MR) is 89.5 cm³/mol. The Morgan fingerprint density at radius 3 is 2.50 bits per heavy atom. The first-order valence-corrected chi connectivity index (χ1v) is 8.20. The molecule has 0 saturated carbocycles. The van der Waals surface area contributed by atoms with Crippen LogP contribution in [-0.2, 0) is 17.8 Å². The Hall–Kier alpha value is -1.23. The third-order valence-electron chi connectivity index (χ3n) is 4.47. The number of hydrogen-bond acceptors (Lipinski definition) is 4. The van der Waals surface area contributed by atoms with Crippen LogP contribution in [0.5, 0.6) is 0 Å². The van der Waals surface area contributed by atoms with E-state index in [1.807, 2.05) is 10.9 Å². The van der Waals surface area contributed by atoms with Gasteiger partial charge in [0.1, 0.15) is 5.78 Å². The SMILES string of the molecule is CCC(C)(C)CC(C)(C)CCn1cc(CC(N)C(C)=O)nn1. The molecule has 22 heavy (non-hydrogen) atoms. The topological polar surface area (TPSA) is 73.8 Å². The van der Waals surface area contributed by atoms with Crippen molar-refractivity contribution >= 4 is 5.78 Å². The van der Waals surface area contributed by atoms with Gasteiger partial charge in [0.15, 0.2) is 0 Å². The van der Waals surface area contributed by atoms with Crippen molar-refractivity contribution < 1.29 is 4.79 Å². The van der Waals surface area contributed by atoms with Gasteiger partial charge in [-0.05, 0) is 30.6 Å². The van der Waals surface area contributed by atoms with Crippen LogP contribution in [0.4, 0.5) is 0 Å². The zero-order chi connectivity index (χ0) is 17.0. The summed E-state index contributed by atoms with van der Waals surface area (Å²) >= 11 is 0. The average Bonchev–Trinajstić information content (AvgIpc) is 2.83. The van der Waals surface area contributed by atoms with Crippen molar-refractivity contribution in [2.24, 2.45) is 16.6 Å². The van der Waals surface area contributed by atoms with Crippen molar-refractivity contribution in [3.63, 3.8) is 0 Å². The van der Waals surface area contributed by atoms with Crippen molar-refractivity contribution in [3.8, 4) is 0 Å². The van der Waals surface area contributed by atoms with E-state index in [-0.39, 0.29) is 11.2 Å². The van der Waals surface area contributed by atoms with Gasteiger partial charge in [-0.15, -0.1) is 5.10 Å². The monoisotopic (exact) mass is 308 g/mol. The van der Waals surface area contributed by atoms with E-state index in [4.69, 9.17) is 5.73 Å². The van der Waals surface area contributed by atoms with Gasteiger partial charge in [0.2, 0.25) is 0 Å². The number of ketones is 1. The number of nitrogens with two attached hydrogens (primary N) is 1. The summed E-state index contributed by atoms with van der Waals surface area (Å²) in [6.07, 6.45) is 5.80. The molecular formula is C17H32N4O. The fourth-order valence-electron chi connectivity index (χ4n) is 2.84. The molecule has 5 nitrogen and oxygen atoms in total. The van der Waals surface area contributed by atoms with Gasteiger partial charge >= 0.3 is 0 Å². The van der Waals surface area contributed by atoms with Gasteiger partial charge < -0.3 is 5.73 Å². The molecule has 0 bridgehead atoms. The van der Waals surface area contributed by atoms with Crippen LogP contribution in [0.3, 0.4) is 0 Å². The molecule has 5 heteroatoms. The number of carbonyl (C=O) groups is 1. The standard InChI is InChI=1S/C17H32N4O/c1-7-16(3,4)12-17(5,6)8-9-21-11-14(19-20-21)10-15(18)13(2)22/h11,15H,7-10,12,18H2,1-6H3. The molecule has 1 unspecified atom stereocenters. The van der Waals surface area contributed by atoms with Gasteiger partial charge in [-0.1, -0.05) is 46.3 Å². The second kappa shape index (κ2) is 7.36. The molecule has 1 aromatic rings. The molecular weight excluding hydrogens is 276 g/mol. The Morgan fingerprint density at radius 1 is 1.32 bits per heavy atom. The predicted octanol–water partition coefficient (Wildman–Crippen LogP) is 2.98. The molecule has 1 atom stereocenters. The maximum atomic E-state index is 11.2. The highest BCUT2D eigenvalue weighted by molar-refractivity contribution is 5.81. The molecule has 0 aliphatic carbocycles. The lowest BCUT2D eigenvalue weighted by Crippen LogP contribution is -2.30. The first-order valence-electron chi connectivity index (χ1n) is 8.20. The van der Waals surface area contributed by atoms with Crippen LogP contribution in [0.25, 0.3) is 0 Å². The van der Waals surface area contributed by atoms with Crippen molar-refractivity contribution in [1.29, 1.82) is 0 Å². The summed E-state index contributed by atoms with van der Waals surface area (Å²) in [7, 11) is 0. The first-order chi connectivity index (χ1) is 10.0. The number of aryl methyl sites for hydroxylation is 1. The Kier molecular flexibility index (Phi) is 6.29. The van der Waals surface area contributed by atoms with Crippen LogP contribution in [0.1, 0.15) is 66.5 Å². The smallest absolute Gasteiger partial charge is 0.146 e. The van der Waals surface area contributed by atoms with Crippen LogP contribution in [-0.4, -0.2) is 26.8 Å². The second-order valence-electron chi connectivity index (χ2n) is 8.00. The Bertz CT molecular complexity index is 491. The molecule has 0 aliphatic heterocycles. The van der Waals surface area contributed by atoms with E-state index in [0.717, 1.165) is 18.7 Å². The van der Waals surface area contributed by atoms with E-state index in [2.05, 4.69) is 44.9 Å². The molecule has 0 spiro atoms. The number of nitrogens with zero attached hydrogens (tertiary/aromatic N) is 3. The number of carbonyl (C=O) groups excluding carboxylic acids is 1. The molecule has 1 heterocycles. The zero-order valence-electron chi connectivity index (χ0n) is 15.0. The van der Waals surface area contributed by atoms with Crippen molar-refractivity contribution in [2.45, 2.75) is 79.8 Å². The summed E-state index contributed by atoms with van der Waals surface area (Å²) in [6, 6.07) is -0.480. The van der Waals surface area contributed by atoms with Gasteiger partial charge in [-0.2, -0.15) is 0 Å². The lowest BCUT2D eigenvalue weighted by atomic mass is 9.72. The molecule has 2 N–H and O–H groups in total. The van der Waals surface area contributed by atoms with Crippen molar-refractivity contribution in [1.82, 2.24) is 15.0 Å². The van der Waals surface area contributed by atoms with Crippen LogP contribution >= 0.6 is 0 Å². The van der Waals surface area contributed by atoms with Crippen LogP contribution in [0.2, 0.25) is 0 Å². The third-order valence-corrected chi connectivity index (χ3v) is 4.47. The number of aromatic nitrogens is 3. The van der Waals surface area contributed by atoms with Crippen molar-refractivity contribution in [3.05, 3.63) is 11.9 Å². The summed E-state index contributed by atoms with van der Waals surface area (Å²) in [5.74, 6) is -0.0162. The maximum Gasteiger partial charge on any atom is 0.146 e. The van der Waals surface area contributed by atoms with Crippen molar-refractivity contribution in [2.75, 3.05) is 0 Å². The first kappa shape index (κ1) is 18.8. The van der Waals surface area contributed by atoms with Gasteiger partial charge in [-0.3, -0.25) is 9.48 Å². The Labute approximate surface area is 134 Å². The van der Waals surface area contributed by atoms with Crippen LogP contribution in [0.15, 0.2) is 6.20 Å². The minimum Gasteiger partial charge on any atom is -0.321 e. The Morgan fingerprint density at radius 2 is 1.95 bits per heavy atom. The number of Topliss-reactive ketones (excluding diaryl/α,β-unsaturated/α-hetero) is 1. The van der Waals surface area contributed by atoms with E-state index in [1.54, 1.807) is 0 Å².